The second kappa shape index (κ2) is 42.0. The Labute approximate surface area is 837 Å². The maximum absolute atomic E-state index is 13.2. The minimum Gasteiger partial charge on any atom is -0.505 e. The summed E-state index contributed by atoms with van der Waals surface area (Å²) in [6.07, 6.45) is 13.0. The van der Waals surface area contributed by atoms with Gasteiger partial charge in [0.25, 0.3) is 58.3 Å². The van der Waals surface area contributed by atoms with Gasteiger partial charge in [-0.15, -0.1) is 40.9 Å². The highest BCUT2D eigenvalue weighted by atomic mass is 32.1. The fourth-order valence-electron chi connectivity index (χ4n) is 14.8. The number of rotatable bonds is 20. The smallest absolute Gasteiger partial charge is 0.261 e. The molecule has 0 aliphatic rings. The number of benzene rings is 12. The number of aromatic hydroxyl groups is 4. The van der Waals surface area contributed by atoms with Gasteiger partial charge in [0.05, 0.1) is 93.3 Å². The van der Waals surface area contributed by atoms with Crippen LogP contribution < -0.4 is 27.4 Å². The van der Waals surface area contributed by atoms with Crippen LogP contribution >= 0.6 is 22.7 Å². The van der Waals surface area contributed by atoms with Crippen LogP contribution in [-0.4, -0.2) is 129 Å². The molecular formula is C103H69N33O9S2. The van der Waals surface area contributed by atoms with Crippen LogP contribution in [0.2, 0.25) is 0 Å². The summed E-state index contributed by atoms with van der Waals surface area (Å²) in [4.78, 5) is 110. The third kappa shape index (κ3) is 20.3. The third-order valence-electron chi connectivity index (χ3n) is 21.8. The molecule has 0 spiro atoms. The van der Waals surface area contributed by atoms with Gasteiger partial charge in [0.15, 0.2) is 46.3 Å². The zero-order chi connectivity index (χ0) is 103. The van der Waals surface area contributed by atoms with E-state index in [1.54, 1.807) is 109 Å². The van der Waals surface area contributed by atoms with Crippen LogP contribution in [0.1, 0.15) is 78.3 Å². The highest BCUT2D eigenvalue weighted by Crippen LogP contribution is 2.49. The molecule has 11 N–H and O–H groups in total. The molecule has 0 bridgehead atoms. The van der Waals surface area contributed by atoms with Gasteiger partial charge in [-0.05, 0) is 130 Å². The minimum atomic E-state index is -0.907. The summed E-state index contributed by atoms with van der Waals surface area (Å²) in [7, 11) is 0. The van der Waals surface area contributed by atoms with Gasteiger partial charge in [0.1, 0.15) is 22.7 Å². The Morgan fingerprint density at radius 2 is 0.714 bits per heavy atom. The minimum absolute atomic E-state index is 0.0111. The van der Waals surface area contributed by atoms with Gasteiger partial charge in [0.2, 0.25) is 22.1 Å². The maximum atomic E-state index is 13.2. The Bertz CT molecular complexity index is 9030. The second-order valence-electron chi connectivity index (χ2n) is 32.2. The average Bonchev–Trinajstić information content (AvgIpc) is 1.61. The summed E-state index contributed by atoms with van der Waals surface area (Å²) in [6.45, 7) is 36.3. The standard InChI is InChI=1S/C32H25N7O2S.C28H17N7O2S.C23H14N10O2.C20H13N9O3/c1-32(2,3)28-26(33-4)29(39(38-28)31-35-23-16-10-11-17-24(23)42-31)37-36-25-21-15-9-8-12-19(21)18-22(27(25)40)30(41)34-20-13-6-5-7-14-20;1-29-22-16-30-35(28-32-21-13-7-8-14-23(21)38-28)26(22)34-33-24-19-12-6-5-9-17(19)15-20(25(24)36)27(37)31-18-10-3-2-4-11-18;1-24-17-13-29-33(23-27-10-5-11-28-23)20(17)32-31-18-15-7-3-2-6-14(15)12-16(19(18)34)21(35)30-22-25-8-4-9-26-22;1-23-14-9-26-29(20-24-5-2-6-25-20)19(14)28-27-15-12-4-3-10(17(21)31)7-11(12)8-13(16(15)30)18(22)32/h5-18,40H,1-3H3,(H,34,41);2-16,36H,(H,31,37);2-13,34H,(H,25,26,30,35);2-9,30H,(H2,21,31)(H2,22,32). The van der Waals surface area contributed by atoms with Crippen LogP contribution in [0.5, 0.6) is 23.0 Å². The molecule has 21 aromatic rings. The van der Waals surface area contributed by atoms with Crippen LogP contribution in [0.15, 0.2) is 339 Å². The van der Waals surface area contributed by atoms with E-state index in [9.17, 15) is 44.4 Å². The van der Waals surface area contributed by atoms with E-state index in [0.29, 0.717) is 70.4 Å². The molecule has 42 nitrogen and oxygen atoms in total. The zero-order valence-electron chi connectivity index (χ0n) is 76.6. The SMILES string of the molecule is [C-]#[N+]c1c(C(C)(C)C)nn(-c2nc3ccccc3s2)c1N=Nc1c(O)c(C(=O)Nc2ccccc2)cc2ccccc12.[C-]#[N+]c1cnn(-c2nc3ccccc3s2)c1N=Nc1c(O)c(C(=O)Nc2ccccc2)cc2ccccc12.[C-]#[N+]c1cnn(-c2ncccn2)c1N=Nc1c(O)c(C(=O)Nc2ncccn2)cc2ccccc12.[C-]#[N+]c1cnn(-c2ncccn2)c1N=Nc1c(O)c(C(N)=O)cc2cc(C(N)=O)ccc12. The van der Waals surface area contributed by atoms with Crippen molar-refractivity contribution in [3.63, 3.8) is 0 Å². The number of hydrogen-bond donors (Lipinski definition) is 9. The molecule has 0 saturated carbocycles. The van der Waals surface area contributed by atoms with Crippen LogP contribution in [0.3, 0.4) is 0 Å². The van der Waals surface area contributed by atoms with Gasteiger partial charge in [0, 0.05) is 75.7 Å². The molecule has 0 aliphatic carbocycles. The molecule has 9 heterocycles. The first kappa shape index (κ1) is 95.7. The van der Waals surface area contributed by atoms with Crippen molar-refractivity contribution in [1.29, 1.82) is 0 Å². The number of azo groups is 4. The largest absolute Gasteiger partial charge is 0.505 e. The van der Waals surface area contributed by atoms with Crippen molar-refractivity contribution >= 4 is 202 Å². The van der Waals surface area contributed by atoms with Crippen LogP contribution in [0.4, 0.5) is 86.1 Å². The van der Waals surface area contributed by atoms with Crippen molar-refractivity contribution in [2.24, 2.45) is 52.4 Å². The van der Waals surface area contributed by atoms with E-state index in [-0.39, 0.29) is 126 Å². The molecular weight excluding hydrogens is 1910 g/mol. The number of nitrogens with zero attached hydrogens (tertiary/aromatic N) is 28. The van der Waals surface area contributed by atoms with Gasteiger partial charge in [-0.1, -0.05) is 183 Å². The topological polar surface area (TPSA) is 545 Å². The zero-order valence-corrected chi connectivity index (χ0v) is 78.2. The molecule has 44 heteroatoms. The van der Waals surface area contributed by atoms with E-state index in [0.717, 1.165) is 20.4 Å². The molecule has 0 radical (unpaired) electrons. The number of carbonyl (C=O) groups is 5. The van der Waals surface area contributed by atoms with Gasteiger partial charge in [-0.25, -0.2) is 59.3 Å². The van der Waals surface area contributed by atoms with Crippen LogP contribution in [0, 0.1) is 26.3 Å². The monoisotopic (exact) mass is 1980 g/mol. The Morgan fingerprint density at radius 3 is 1.12 bits per heavy atom. The highest BCUT2D eigenvalue weighted by Gasteiger charge is 2.32. The Hall–Kier alpha value is -21.5. The van der Waals surface area contributed by atoms with E-state index in [4.69, 9.17) is 47.8 Å². The van der Waals surface area contributed by atoms with E-state index in [1.807, 2.05) is 124 Å². The van der Waals surface area contributed by atoms with Crippen molar-refractivity contribution in [3.05, 3.63) is 378 Å². The summed E-state index contributed by atoms with van der Waals surface area (Å²) >= 11 is 2.83. The Balaban J connectivity index is 0.000000129. The average molecular weight is 1980 g/mol. The summed E-state index contributed by atoms with van der Waals surface area (Å²) in [5.41, 5.74) is 14.4. The van der Waals surface area contributed by atoms with E-state index < -0.39 is 46.4 Å². The molecule has 21 rings (SSSR count). The lowest BCUT2D eigenvalue weighted by Gasteiger charge is -2.15. The van der Waals surface area contributed by atoms with Gasteiger partial charge >= 0.3 is 0 Å². The van der Waals surface area contributed by atoms with E-state index in [2.05, 4.69) is 126 Å². The van der Waals surface area contributed by atoms with Crippen molar-refractivity contribution in [3.8, 4) is 45.2 Å². The molecule has 12 aromatic carbocycles. The fourth-order valence-corrected chi connectivity index (χ4v) is 16.7. The summed E-state index contributed by atoms with van der Waals surface area (Å²) in [5.74, 6) is -3.85. The molecule has 0 saturated heterocycles. The Morgan fingerprint density at radius 1 is 0.361 bits per heavy atom. The first-order chi connectivity index (χ1) is 71.4. The first-order valence-corrected chi connectivity index (χ1v) is 45.3. The lowest BCUT2D eigenvalue weighted by atomic mass is 9.91. The first-order valence-electron chi connectivity index (χ1n) is 43.7. The predicted octanol–water partition coefficient (Wildman–Crippen LogP) is 23.6. The number of nitrogens with one attached hydrogen (secondary N) is 3. The third-order valence-corrected chi connectivity index (χ3v) is 23.8. The van der Waals surface area contributed by atoms with E-state index in [1.165, 1.54) is 128 Å². The number of amides is 5. The van der Waals surface area contributed by atoms with Crippen molar-refractivity contribution in [2.45, 2.75) is 26.2 Å². The second-order valence-corrected chi connectivity index (χ2v) is 34.2. The summed E-state index contributed by atoms with van der Waals surface area (Å²) in [5, 5.41) is 109. The molecule has 0 aliphatic heterocycles. The predicted molar refractivity (Wildman–Crippen MR) is 551 cm³/mol. The number of thiazole rings is 2. The highest BCUT2D eigenvalue weighted by molar-refractivity contribution is 7.21. The number of para-hydroxylation sites is 4. The quantitative estimate of drug-likeness (QED) is 0.0253. The molecule has 5 amide bonds. The molecule has 9 aromatic heterocycles. The number of anilines is 3. The van der Waals surface area contributed by atoms with Gasteiger partial charge in [-0.2, -0.15) is 39.1 Å². The molecule has 147 heavy (non-hydrogen) atoms. The Kier molecular flexibility index (Phi) is 27.4. The number of phenols is 4. The number of fused-ring (bicyclic) bond motifs is 6. The number of nitrogens with two attached hydrogens (primary N) is 2. The van der Waals surface area contributed by atoms with Crippen LogP contribution in [-0.2, 0) is 5.41 Å². The maximum Gasteiger partial charge on any atom is 0.261 e. The molecule has 0 unspecified atom stereocenters. The normalized spacial score (nSPS) is 11.3. The molecule has 712 valence electrons. The summed E-state index contributed by atoms with van der Waals surface area (Å²) < 4.78 is 7.39. The lowest BCUT2D eigenvalue weighted by Crippen LogP contribution is -2.14. The van der Waals surface area contributed by atoms with Crippen molar-refractivity contribution < 1.29 is 44.4 Å². The van der Waals surface area contributed by atoms with E-state index >= 15 is 0 Å². The number of carbonyl (C=O) groups excluding carboxylic acids is 5. The number of hydrogen-bond acceptors (Lipinski definition) is 31. The van der Waals surface area contributed by atoms with Gasteiger partial charge < -0.3 is 42.5 Å². The van der Waals surface area contributed by atoms with Gasteiger partial charge in [-0.3, -0.25) is 29.3 Å². The molecule has 0 fully saturated rings. The van der Waals surface area contributed by atoms with Crippen molar-refractivity contribution in [1.82, 2.24) is 79.0 Å². The number of primary amides is 2. The molecule has 0 atom stereocenters. The number of phenolic OH excluding ortho intramolecular Hbond substituents is 3. The van der Waals surface area contributed by atoms with Crippen LogP contribution in [0.25, 0.3) is 105 Å². The lowest BCUT2D eigenvalue weighted by molar-refractivity contribution is 0.0990. The van der Waals surface area contributed by atoms with Crippen molar-refractivity contribution in [2.75, 3.05) is 16.0 Å². The summed E-state index contributed by atoms with van der Waals surface area (Å²) in [6, 6.07) is 70.3. The number of aromatic nitrogens is 16. The fraction of sp³-hybridized carbons (Fsp3) is 0.0388.